The molecule has 0 aliphatic rings. The largest absolute Gasteiger partial charge is 0.448 e. The normalized spacial score (nSPS) is 11.7. The topological polar surface area (TPSA) is 87.3 Å². The van der Waals surface area contributed by atoms with Crippen LogP contribution < -0.4 is 11.2 Å². The number of fused-ring (bicyclic) bond motifs is 4. The van der Waals surface area contributed by atoms with Crippen molar-refractivity contribution in [1.29, 1.82) is 0 Å². The lowest BCUT2D eigenvalue weighted by atomic mass is 10.2. The summed E-state index contributed by atoms with van der Waals surface area (Å²) in [4.78, 5) is 29.4. The quantitative estimate of drug-likeness (QED) is 0.495. The van der Waals surface area contributed by atoms with Crippen molar-refractivity contribution < 1.29 is 4.42 Å². The molecule has 4 aromatic heterocycles. The molecule has 0 aliphatic heterocycles. The number of hydrogen-bond acceptors (Lipinski definition) is 5. The van der Waals surface area contributed by atoms with Crippen LogP contribution in [0.5, 0.6) is 0 Å². The van der Waals surface area contributed by atoms with E-state index in [-0.39, 0.29) is 29.9 Å². The Morgan fingerprint density at radius 1 is 1.00 bits per heavy atom. The molecule has 0 fully saturated rings. The first kappa shape index (κ1) is 14.6. The third kappa shape index (κ3) is 2.08. The molecule has 0 saturated heterocycles. The van der Waals surface area contributed by atoms with Gasteiger partial charge in [0.2, 0.25) is 5.58 Å². The van der Waals surface area contributed by atoms with E-state index in [4.69, 9.17) is 4.42 Å². The molecular weight excluding hydrogens is 334 g/mol. The van der Waals surface area contributed by atoms with Gasteiger partial charge in [-0.3, -0.25) is 13.8 Å². The highest BCUT2D eigenvalue weighted by Crippen LogP contribution is 2.23. The molecule has 4 heterocycles. The Bertz CT molecular complexity index is 1390. The maximum absolute atomic E-state index is 12.7. The summed E-state index contributed by atoms with van der Waals surface area (Å²) in [6, 6.07) is 12.7. The van der Waals surface area contributed by atoms with Gasteiger partial charge in [-0.15, -0.1) is 5.10 Å². The van der Waals surface area contributed by atoms with E-state index in [1.165, 1.54) is 20.0 Å². The van der Waals surface area contributed by atoms with Gasteiger partial charge in [0.25, 0.3) is 5.56 Å². The zero-order valence-corrected chi connectivity index (χ0v) is 13.6. The highest BCUT2D eigenvalue weighted by molar-refractivity contribution is 6.01. The Balaban J connectivity index is 1.54. The van der Waals surface area contributed by atoms with Crippen molar-refractivity contribution in [3.63, 3.8) is 0 Å². The highest BCUT2D eigenvalue weighted by Gasteiger charge is 2.13. The summed E-state index contributed by atoms with van der Waals surface area (Å²) in [6.45, 7) is 0.524. The maximum atomic E-state index is 12.7. The summed E-state index contributed by atoms with van der Waals surface area (Å²) < 4.78 is 9.89. The van der Waals surface area contributed by atoms with E-state index < -0.39 is 0 Å². The van der Waals surface area contributed by atoms with E-state index in [2.05, 4.69) is 10.1 Å². The molecule has 0 radical (unpaired) electrons. The van der Waals surface area contributed by atoms with Crippen LogP contribution in [0.15, 0.2) is 69.0 Å². The van der Waals surface area contributed by atoms with E-state index in [0.29, 0.717) is 16.7 Å². The number of pyridine rings is 1. The third-order valence-electron chi connectivity index (χ3n) is 4.39. The molecule has 128 valence electrons. The number of aryl methyl sites for hydroxylation is 2. The van der Waals surface area contributed by atoms with Crippen molar-refractivity contribution in [2.75, 3.05) is 0 Å². The molecule has 8 heteroatoms. The van der Waals surface area contributed by atoms with Gasteiger partial charge in [-0.2, -0.15) is 0 Å². The lowest BCUT2D eigenvalue weighted by Gasteiger charge is -2.03. The number of aromatic nitrogens is 5. The van der Waals surface area contributed by atoms with Crippen LogP contribution >= 0.6 is 0 Å². The second-order valence-corrected chi connectivity index (χ2v) is 5.95. The van der Waals surface area contributed by atoms with Crippen molar-refractivity contribution in [2.24, 2.45) is 0 Å². The SMILES string of the molecule is O=c1c2oc3ccccc3c2ncn1CCn1nc2ccccn2c1=O. The first-order valence-electron chi connectivity index (χ1n) is 8.13. The molecule has 26 heavy (non-hydrogen) atoms. The second kappa shape index (κ2) is 5.41. The van der Waals surface area contributed by atoms with Crippen LogP contribution in [0.1, 0.15) is 0 Å². The number of rotatable bonds is 3. The first-order valence-corrected chi connectivity index (χ1v) is 8.13. The molecule has 0 bridgehead atoms. The summed E-state index contributed by atoms with van der Waals surface area (Å²) in [6.07, 6.45) is 3.14. The van der Waals surface area contributed by atoms with Gasteiger partial charge in [-0.1, -0.05) is 18.2 Å². The van der Waals surface area contributed by atoms with E-state index in [9.17, 15) is 9.59 Å². The number of furan rings is 1. The fraction of sp³-hybridized carbons (Fsp3) is 0.111. The Kier molecular flexibility index (Phi) is 3.05. The molecular formula is C18H13N5O3. The average molecular weight is 347 g/mol. The molecule has 0 saturated carbocycles. The number of hydrogen-bond donors (Lipinski definition) is 0. The molecule has 5 rings (SSSR count). The Morgan fingerprint density at radius 3 is 2.73 bits per heavy atom. The van der Waals surface area contributed by atoms with Gasteiger partial charge in [0.1, 0.15) is 11.1 Å². The predicted molar refractivity (Wildman–Crippen MR) is 95.2 cm³/mol. The smallest absolute Gasteiger partial charge is 0.350 e. The molecule has 8 nitrogen and oxygen atoms in total. The minimum atomic E-state index is -0.275. The fourth-order valence-electron chi connectivity index (χ4n) is 3.09. The van der Waals surface area contributed by atoms with Gasteiger partial charge in [0.05, 0.1) is 12.9 Å². The number of para-hydroxylation sites is 1. The van der Waals surface area contributed by atoms with Crippen LogP contribution in [0.25, 0.3) is 27.7 Å². The van der Waals surface area contributed by atoms with Crippen molar-refractivity contribution in [1.82, 2.24) is 23.7 Å². The molecule has 0 atom stereocenters. The molecule has 0 amide bonds. The maximum Gasteiger partial charge on any atom is 0.350 e. The zero-order chi connectivity index (χ0) is 17.7. The molecule has 1 aromatic carbocycles. The van der Waals surface area contributed by atoms with Crippen LogP contribution in [-0.2, 0) is 13.1 Å². The first-order chi connectivity index (χ1) is 12.7. The minimum Gasteiger partial charge on any atom is -0.448 e. The average Bonchev–Trinajstić information content (AvgIpc) is 3.20. The minimum absolute atomic E-state index is 0.219. The van der Waals surface area contributed by atoms with E-state index in [0.717, 1.165) is 5.39 Å². The van der Waals surface area contributed by atoms with Gasteiger partial charge >= 0.3 is 5.69 Å². The summed E-state index contributed by atoms with van der Waals surface area (Å²) in [7, 11) is 0. The van der Waals surface area contributed by atoms with Crippen LogP contribution in [0.4, 0.5) is 0 Å². The predicted octanol–water partition coefficient (Wildman–Crippen LogP) is 1.65. The standard InChI is InChI=1S/C18H13N5O3/c24-17-16-15(12-5-1-2-6-13(12)26-16)19-11-21(17)9-10-23-18(25)22-8-4-3-7-14(22)20-23/h1-8,11H,9-10H2. The van der Waals surface area contributed by atoms with Crippen LogP contribution in [-0.4, -0.2) is 23.7 Å². The van der Waals surface area contributed by atoms with Gasteiger partial charge in [-0.05, 0) is 24.3 Å². The van der Waals surface area contributed by atoms with Crippen LogP contribution in [0.2, 0.25) is 0 Å². The molecule has 5 aromatic rings. The van der Waals surface area contributed by atoms with Crippen LogP contribution in [0.3, 0.4) is 0 Å². The fourth-order valence-corrected chi connectivity index (χ4v) is 3.09. The number of nitrogens with zero attached hydrogens (tertiary/aromatic N) is 5. The van der Waals surface area contributed by atoms with E-state index in [1.807, 2.05) is 24.3 Å². The molecule has 0 spiro atoms. The Labute approximate surface area is 145 Å². The molecule has 0 aliphatic carbocycles. The summed E-state index contributed by atoms with van der Waals surface area (Å²) in [5.74, 6) is 0. The van der Waals surface area contributed by atoms with Crippen molar-refractivity contribution in [3.8, 4) is 0 Å². The highest BCUT2D eigenvalue weighted by atomic mass is 16.3. The zero-order valence-electron chi connectivity index (χ0n) is 13.6. The van der Waals surface area contributed by atoms with Gasteiger partial charge < -0.3 is 4.42 Å². The lowest BCUT2D eigenvalue weighted by Crippen LogP contribution is -2.27. The summed E-state index contributed by atoms with van der Waals surface area (Å²) in [5, 5.41) is 5.07. The Morgan fingerprint density at radius 2 is 1.85 bits per heavy atom. The van der Waals surface area contributed by atoms with E-state index in [1.54, 1.807) is 24.4 Å². The lowest BCUT2D eigenvalue weighted by molar-refractivity contribution is 0.505. The molecule has 0 N–H and O–H groups in total. The van der Waals surface area contributed by atoms with Gasteiger partial charge in [-0.25, -0.2) is 14.5 Å². The van der Waals surface area contributed by atoms with Crippen LogP contribution in [0, 0.1) is 0 Å². The Hall–Kier alpha value is -3.68. The van der Waals surface area contributed by atoms with Crippen molar-refractivity contribution >= 4 is 27.7 Å². The monoisotopic (exact) mass is 347 g/mol. The van der Waals surface area contributed by atoms with Crippen molar-refractivity contribution in [2.45, 2.75) is 13.1 Å². The second-order valence-electron chi connectivity index (χ2n) is 5.95. The third-order valence-corrected chi connectivity index (χ3v) is 4.39. The number of benzene rings is 1. The van der Waals surface area contributed by atoms with Crippen molar-refractivity contribution in [3.05, 3.63) is 75.8 Å². The summed E-state index contributed by atoms with van der Waals surface area (Å²) >= 11 is 0. The van der Waals surface area contributed by atoms with Gasteiger partial charge in [0, 0.05) is 18.1 Å². The molecule has 0 unspecified atom stereocenters. The van der Waals surface area contributed by atoms with E-state index >= 15 is 0 Å². The van der Waals surface area contributed by atoms with Gasteiger partial charge in [0.15, 0.2) is 5.65 Å². The summed E-state index contributed by atoms with van der Waals surface area (Å²) in [5.41, 5.74) is 1.44.